The normalized spacial score (nSPS) is 15.1. The van der Waals surface area contributed by atoms with Crippen LogP contribution in [0.25, 0.3) is 6.08 Å². The SMILES string of the molecule is Cc1cc(Br)ccc1N1C(=O)NC(=O)/C(=C/c2ccccc2OCc2ccccc2)C1=O. The smallest absolute Gasteiger partial charge is 0.335 e. The first-order valence-electron chi connectivity index (χ1n) is 9.87. The van der Waals surface area contributed by atoms with Gasteiger partial charge in [-0.15, -0.1) is 0 Å². The van der Waals surface area contributed by atoms with Crippen LogP contribution in [-0.2, 0) is 16.2 Å². The Bertz CT molecular complexity index is 1240. The number of benzene rings is 3. The molecule has 0 bridgehead atoms. The zero-order valence-electron chi connectivity index (χ0n) is 17.2. The molecule has 0 aliphatic carbocycles. The zero-order chi connectivity index (χ0) is 22.7. The van der Waals surface area contributed by atoms with Crippen LogP contribution >= 0.6 is 15.9 Å². The van der Waals surface area contributed by atoms with Crippen LogP contribution < -0.4 is 15.0 Å². The lowest BCUT2D eigenvalue weighted by molar-refractivity contribution is -0.122. The molecule has 1 aliphatic heterocycles. The number of imide groups is 2. The van der Waals surface area contributed by atoms with Gasteiger partial charge in [0.25, 0.3) is 11.8 Å². The Labute approximate surface area is 193 Å². The molecule has 0 spiro atoms. The number of aryl methyl sites for hydroxylation is 1. The van der Waals surface area contributed by atoms with Gasteiger partial charge in [-0.2, -0.15) is 0 Å². The highest BCUT2D eigenvalue weighted by molar-refractivity contribution is 9.10. The molecule has 32 heavy (non-hydrogen) atoms. The van der Waals surface area contributed by atoms with Crippen molar-refractivity contribution in [3.05, 3.63) is 99.5 Å². The fourth-order valence-electron chi connectivity index (χ4n) is 3.37. The van der Waals surface area contributed by atoms with Gasteiger partial charge in [-0.3, -0.25) is 14.9 Å². The molecule has 7 heteroatoms. The number of carbonyl (C=O) groups excluding carboxylic acids is 3. The van der Waals surface area contributed by atoms with Gasteiger partial charge in [-0.1, -0.05) is 64.5 Å². The van der Waals surface area contributed by atoms with E-state index in [0.717, 1.165) is 14.9 Å². The maximum atomic E-state index is 13.2. The van der Waals surface area contributed by atoms with Gasteiger partial charge in [-0.25, -0.2) is 9.69 Å². The average Bonchev–Trinajstić information content (AvgIpc) is 2.78. The summed E-state index contributed by atoms with van der Waals surface area (Å²) in [4.78, 5) is 39.2. The van der Waals surface area contributed by atoms with Crippen LogP contribution in [0.3, 0.4) is 0 Å². The van der Waals surface area contributed by atoms with E-state index in [-0.39, 0.29) is 5.57 Å². The molecule has 0 unspecified atom stereocenters. The molecule has 3 aromatic carbocycles. The number of nitrogens with one attached hydrogen (secondary N) is 1. The van der Waals surface area contributed by atoms with Gasteiger partial charge < -0.3 is 4.74 Å². The summed E-state index contributed by atoms with van der Waals surface area (Å²) in [6.45, 7) is 2.12. The Hall–Kier alpha value is -3.71. The van der Waals surface area contributed by atoms with Gasteiger partial charge in [0.15, 0.2) is 0 Å². The lowest BCUT2D eigenvalue weighted by Gasteiger charge is -2.27. The Kier molecular flexibility index (Phi) is 6.18. The van der Waals surface area contributed by atoms with Crippen molar-refractivity contribution < 1.29 is 19.1 Å². The first-order valence-corrected chi connectivity index (χ1v) is 10.7. The molecule has 3 aromatic rings. The quantitative estimate of drug-likeness (QED) is 0.403. The van der Waals surface area contributed by atoms with Crippen molar-refractivity contribution in [2.45, 2.75) is 13.5 Å². The summed E-state index contributed by atoms with van der Waals surface area (Å²) in [6.07, 6.45) is 1.45. The number of anilines is 1. The Balaban J connectivity index is 1.66. The molecule has 1 heterocycles. The molecule has 4 rings (SSSR count). The first-order chi connectivity index (χ1) is 15.4. The standard InChI is InChI=1S/C25H19BrN2O4/c1-16-13-19(26)11-12-21(16)28-24(30)20(23(29)27-25(28)31)14-18-9-5-6-10-22(18)32-15-17-7-3-2-4-8-17/h2-14H,15H2,1H3,(H,27,29,31)/b20-14-. The summed E-state index contributed by atoms with van der Waals surface area (Å²) in [5, 5.41) is 2.25. The van der Waals surface area contributed by atoms with Crippen LogP contribution in [0.1, 0.15) is 16.7 Å². The molecule has 160 valence electrons. The number of amides is 4. The second-order valence-electron chi connectivity index (χ2n) is 7.20. The third kappa shape index (κ3) is 4.48. The third-order valence-electron chi connectivity index (χ3n) is 4.96. The van der Waals surface area contributed by atoms with Crippen molar-refractivity contribution in [2.75, 3.05) is 4.90 Å². The molecule has 1 aliphatic rings. The zero-order valence-corrected chi connectivity index (χ0v) is 18.8. The predicted octanol–water partition coefficient (Wildman–Crippen LogP) is 5.00. The summed E-state index contributed by atoms with van der Waals surface area (Å²) < 4.78 is 6.75. The van der Waals surface area contributed by atoms with Crippen LogP contribution in [0.4, 0.5) is 10.5 Å². The number of para-hydroxylation sites is 1. The summed E-state index contributed by atoms with van der Waals surface area (Å²) in [6, 6.07) is 21.2. The number of hydrogen-bond acceptors (Lipinski definition) is 4. The monoisotopic (exact) mass is 490 g/mol. The maximum absolute atomic E-state index is 13.2. The molecule has 1 saturated heterocycles. The number of ether oxygens (including phenoxy) is 1. The van der Waals surface area contributed by atoms with Gasteiger partial charge in [0, 0.05) is 10.0 Å². The van der Waals surface area contributed by atoms with Crippen LogP contribution in [0.15, 0.2) is 82.8 Å². The average molecular weight is 491 g/mol. The summed E-state index contributed by atoms with van der Waals surface area (Å²) >= 11 is 3.37. The van der Waals surface area contributed by atoms with Gasteiger partial charge >= 0.3 is 6.03 Å². The number of nitrogens with zero attached hydrogens (tertiary/aromatic N) is 1. The molecule has 1 N–H and O–H groups in total. The van der Waals surface area contributed by atoms with Crippen molar-refractivity contribution >= 4 is 45.5 Å². The molecule has 1 fully saturated rings. The minimum atomic E-state index is -0.781. The van der Waals surface area contributed by atoms with Gasteiger partial charge in [-0.05, 0) is 48.4 Å². The summed E-state index contributed by atoms with van der Waals surface area (Å²) in [5.74, 6) is -0.918. The fourth-order valence-corrected chi connectivity index (χ4v) is 3.84. The first kappa shape index (κ1) is 21.5. The highest BCUT2D eigenvalue weighted by Crippen LogP contribution is 2.29. The van der Waals surface area contributed by atoms with E-state index in [0.29, 0.717) is 29.2 Å². The van der Waals surface area contributed by atoms with Crippen molar-refractivity contribution in [3.8, 4) is 5.75 Å². The van der Waals surface area contributed by atoms with E-state index >= 15 is 0 Å². The fraction of sp³-hybridized carbons (Fsp3) is 0.0800. The number of hydrogen-bond donors (Lipinski definition) is 1. The second kappa shape index (κ2) is 9.20. The van der Waals surface area contributed by atoms with Crippen LogP contribution in [0, 0.1) is 6.92 Å². The summed E-state index contributed by atoms with van der Waals surface area (Å²) in [7, 11) is 0. The van der Waals surface area contributed by atoms with E-state index in [2.05, 4.69) is 21.2 Å². The molecular weight excluding hydrogens is 472 g/mol. The van der Waals surface area contributed by atoms with Crippen molar-refractivity contribution in [1.82, 2.24) is 5.32 Å². The number of rotatable bonds is 5. The van der Waals surface area contributed by atoms with E-state index in [9.17, 15) is 14.4 Å². The van der Waals surface area contributed by atoms with E-state index < -0.39 is 17.8 Å². The Morgan fingerprint density at radius 2 is 1.69 bits per heavy atom. The van der Waals surface area contributed by atoms with Crippen molar-refractivity contribution in [2.24, 2.45) is 0 Å². The maximum Gasteiger partial charge on any atom is 0.335 e. The Morgan fingerprint density at radius 1 is 0.969 bits per heavy atom. The van der Waals surface area contributed by atoms with Gasteiger partial charge in [0.2, 0.25) is 0 Å². The summed E-state index contributed by atoms with van der Waals surface area (Å²) in [5.41, 5.74) is 2.52. The second-order valence-corrected chi connectivity index (χ2v) is 8.12. The van der Waals surface area contributed by atoms with Crippen LogP contribution in [0.5, 0.6) is 5.75 Å². The molecule has 0 saturated carbocycles. The Morgan fingerprint density at radius 3 is 2.44 bits per heavy atom. The van der Waals surface area contributed by atoms with Gasteiger partial charge in [0.1, 0.15) is 17.9 Å². The number of barbiturate groups is 1. The molecule has 6 nitrogen and oxygen atoms in total. The van der Waals surface area contributed by atoms with E-state index in [1.54, 1.807) is 43.3 Å². The number of halogens is 1. The highest BCUT2D eigenvalue weighted by atomic mass is 79.9. The van der Waals surface area contributed by atoms with Crippen LogP contribution in [-0.4, -0.2) is 17.8 Å². The third-order valence-corrected chi connectivity index (χ3v) is 5.45. The lowest BCUT2D eigenvalue weighted by atomic mass is 10.0. The van der Waals surface area contributed by atoms with Crippen molar-refractivity contribution in [1.29, 1.82) is 0 Å². The molecule has 0 radical (unpaired) electrons. The molecule has 0 aromatic heterocycles. The lowest BCUT2D eigenvalue weighted by Crippen LogP contribution is -2.54. The topological polar surface area (TPSA) is 75.7 Å². The predicted molar refractivity (Wildman–Crippen MR) is 125 cm³/mol. The van der Waals surface area contributed by atoms with Crippen molar-refractivity contribution in [3.63, 3.8) is 0 Å². The van der Waals surface area contributed by atoms with E-state index in [1.807, 2.05) is 36.4 Å². The molecule has 0 atom stereocenters. The van der Waals surface area contributed by atoms with Crippen LogP contribution in [0.2, 0.25) is 0 Å². The molecular formula is C25H19BrN2O4. The highest BCUT2D eigenvalue weighted by Gasteiger charge is 2.37. The number of carbonyl (C=O) groups is 3. The largest absolute Gasteiger partial charge is 0.488 e. The minimum absolute atomic E-state index is 0.150. The van der Waals surface area contributed by atoms with E-state index in [4.69, 9.17) is 4.74 Å². The van der Waals surface area contributed by atoms with E-state index in [1.165, 1.54) is 6.08 Å². The van der Waals surface area contributed by atoms with Gasteiger partial charge in [0.05, 0.1) is 5.69 Å². The molecule has 4 amide bonds. The number of urea groups is 1. The minimum Gasteiger partial charge on any atom is -0.488 e.